The van der Waals surface area contributed by atoms with Crippen LogP contribution in [-0.2, 0) is 17.8 Å². The van der Waals surface area contributed by atoms with Gasteiger partial charge in [0.05, 0.1) is 6.54 Å². The van der Waals surface area contributed by atoms with Crippen molar-refractivity contribution < 1.29 is 4.79 Å². The van der Waals surface area contributed by atoms with Gasteiger partial charge in [0, 0.05) is 44.3 Å². The molecule has 1 saturated heterocycles. The molecule has 0 bridgehead atoms. The zero-order chi connectivity index (χ0) is 17.4. The van der Waals surface area contributed by atoms with E-state index >= 15 is 0 Å². The highest BCUT2D eigenvalue weighted by Gasteiger charge is 2.24. The van der Waals surface area contributed by atoms with Crippen molar-refractivity contribution in [3.63, 3.8) is 0 Å². The Morgan fingerprint density at radius 1 is 1.04 bits per heavy atom. The maximum atomic E-state index is 12.0. The molecule has 1 fully saturated rings. The Morgan fingerprint density at radius 2 is 1.80 bits per heavy atom. The van der Waals surface area contributed by atoms with Crippen molar-refractivity contribution in [2.45, 2.75) is 13.0 Å². The SMILES string of the molecule is CN1CCN(c2cc(N3CCc4cccc(Cl)c4C3)ncn2)CC1=O. The number of halogens is 1. The lowest BCUT2D eigenvalue weighted by Crippen LogP contribution is -2.48. The molecule has 0 spiro atoms. The van der Waals surface area contributed by atoms with Gasteiger partial charge in [0.15, 0.2) is 0 Å². The van der Waals surface area contributed by atoms with Crippen LogP contribution in [0.15, 0.2) is 30.6 Å². The van der Waals surface area contributed by atoms with Gasteiger partial charge in [0.25, 0.3) is 0 Å². The molecule has 130 valence electrons. The van der Waals surface area contributed by atoms with Gasteiger partial charge in [-0.15, -0.1) is 0 Å². The second-order valence-electron chi connectivity index (χ2n) is 6.52. The van der Waals surface area contributed by atoms with Crippen LogP contribution in [0.5, 0.6) is 0 Å². The van der Waals surface area contributed by atoms with Crippen molar-refractivity contribution in [2.75, 3.05) is 43.0 Å². The average Bonchev–Trinajstić information content (AvgIpc) is 2.64. The lowest BCUT2D eigenvalue weighted by molar-refractivity contribution is -0.129. The molecular weight excluding hydrogens is 338 g/mol. The molecular formula is C18H20ClN5O. The standard InChI is InChI=1S/C18H20ClN5O/c1-22-7-8-24(11-18(22)25)17-9-16(20-12-21-17)23-6-5-13-3-2-4-15(19)14(13)10-23/h2-4,9,12H,5-8,10-11H2,1H3. The zero-order valence-corrected chi connectivity index (χ0v) is 14.9. The van der Waals surface area contributed by atoms with Crippen LogP contribution in [0.4, 0.5) is 11.6 Å². The third kappa shape index (κ3) is 3.14. The summed E-state index contributed by atoms with van der Waals surface area (Å²) in [5, 5.41) is 0.807. The predicted molar refractivity (Wildman–Crippen MR) is 98.1 cm³/mol. The van der Waals surface area contributed by atoms with Gasteiger partial charge < -0.3 is 14.7 Å². The molecule has 0 unspecified atom stereocenters. The first-order valence-electron chi connectivity index (χ1n) is 8.44. The van der Waals surface area contributed by atoms with Crippen molar-refractivity contribution in [1.82, 2.24) is 14.9 Å². The summed E-state index contributed by atoms with van der Waals surface area (Å²) in [6.07, 6.45) is 2.53. The summed E-state index contributed by atoms with van der Waals surface area (Å²) in [5.41, 5.74) is 2.48. The molecule has 4 rings (SSSR count). The Kier molecular flexibility index (Phi) is 4.21. The number of carbonyl (C=O) groups is 1. The number of hydrogen-bond donors (Lipinski definition) is 0. The molecule has 6 nitrogen and oxygen atoms in total. The molecule has 1 amide bonds. The summed E-state index contributed by atoms with van der Waals surface area (Å²) in [4.78, 5) is 26.8. The number of amides is 1. The summed E-state index contributed by atoms with van der Waals surface area (Å²) in [7, 11) is 1.83. The summed E-state index contributed by atoms with van der Waals surface area (Å²) >= 11 is 6.37. The van der Waals surface area contributed by atoms with E-state index in [0.29, 0.717) is 13.1 Å². The lowest BCUT2D eigenvalue weighted by atomic mass is 10.00. The average molecular weight is 358 g/mol. The first kappa shape index (κ1) is 16.1. The normalized spacial score (nSPS) is 17.7. The fourth-order valence-electron chi connectivity index (χ4n) is 3.37. The maximum Gasteiger partial charge on any atom is 0.241 e. The van der Waals surface area contributed by atoms with E-state index < -0.39 is 0 Å². The molecule has 25 heavy (non-hydrogen) atoms. The number of anilines is 2. The van der Waals surface area contributed by atoms with Gasteiger partial charge in [-0.05, 0) is 23.6 Å². The number of benzene rings is 1. The number of carbonyl (C=O) groups excluding carboxylic acids is 1. The van der Waals surface area contributed by atoms with Crippen molar-refractivity contribution >= 4 is 29.1 Å². The summed E-state index contributed by atoms with van der Waals surface area (Å²) in [5.74, 6) is 1.79. The second-order valence-corrected chi connectivity index (χ2v) is 6.93. The Balaban J connectivity index is 1.56. The molecule has 2 aromatic rings. The van der Waals surface area contributed by atoms with Gasteiger partial charge in [-0.25, -0.2) is 9.97 Å². The van der Waals surface area contributed by atoms with E-state index in [-0.39, 0.29) is 5.91 Å². The van der Waals surface area contributed by atoms with E-state index in [0.717, 1.165) is 42.7 Å². The quantitative estimate of drug-likeness (QED) is 0.822. The Hall–Kier alpha value is -2.34. The van der Waals surface area contributed by atoms with Crippen LogP contribution in [0.2, 0.25) is 5.02 Å². The Labute approximate surface area is 152 Å². The Bertz CT molecular complexity index is 812. The minimum Gasteiger partial charge on any atom is -0.352 e. The van der Waals surface area contributed by atoms with Gasteiger partial charge in [-0.1, -0.05) is 23.7 Å². The number of rotatable bonds is 2. The Morgan fingerprint density at radius 3 is 2.56 bits per heavy atom. The highest BCUT2D eigenvalue weighted by Crippen LogP contribution is 2.29. The van der Waals surface area contributed by atoms with E-state index in [1.165, 1.54) is 11.1 Å². The number of nitrogens with zero attached hydrogens (tertiary/aromatic N) is 5. The number of aromatic nitrogens is 2. The largest absolute Gasteiger partial charge is 0.352 e. The molecule has 1 aromatic heterocycles. The van der Waals surface area contributed by atoms with Crippen LogP contribution in [0.25, 0.3) is 0 Å². The number of piperazine rings is 1. The summed E-state index contributed by atoms with van der Waals surface area (Å²) in [6.45, 7) is 3.50. The summed E-state index contributed by atoms with van der Waals surface area (Å²) in [6, 6.07) is 8.05. The second kappa shape index (κ2) is 6.52. The lowest BCUT2D eigenvalue weighted by Gasteiger charge is -2.34. The highest BCUT2D eigenvalue weighted by molar-refractivity contribution is 6.31. The van der Waals surface area contributed by atoms with Gasteiger partial charge in [-0.3, -0.25) is 4.79 Å². The fourth-order valence-corrected chi connectivity index (χ4v) is 3.63. The molecule has 1 aromatic carbocycles. The smallest absolute Gasteiger partial charge is 0.241 e. The molecule has 7 heteroatoms. The van der Waals surface area contributed by atoms with E-state index in [1.54, 1.807) is 11.2 Å². The first-order chi connectivity index (χ1) is 12.1. The zero-order valence-electron chi connectivity index (χ0n) is 14.2. The predicted octanol–water partition coefficient (Wildman–Crippen LogP) is 1.97. The third-order valence-electron chi connectivity index (χ3n) is 4.96. The van der Waals surface area contributed by atoms with Gasteiger partial charge in [0.2, 0.25) is 5.91 Å². The fraction of sp³-hybridized carbons (Fsp3) is 0.389. The van der Waals surface area contributed by atoms with E-state index in [1.807, 2.05) is 30.1 Å². The molecule has 2 aliphatic rings. The van der Waals surface area contributed by atoms with Gasteiger partial charge >= 0.3 is 0 Å². The number of hydrogen-bond acceptors (Lipinski definition) is 5. The molecule has 3 heterocycles. The van der Waals surface area contributed by atoms with Crippen LogP contribution < -0.4 is 9.80 Å². The first-order valence-corrected chi connectivity index (χ1v) is 8.82. The van der Waals surface area contributed by atoms with Crippen molar-refractivity contribution in [3.8, 4) is 0 Å². The number of fused-ring (bicyclic) bond motifs is 1. The monoisotopic (exact) mass is 357 g/mol. The molecule has 2 aliphatic heterocycles. The molecule has 0 atom stereocenters. The van der Waals surface area contributed by atoms with Crippen LogP contribution in [0.1, 0.15) is 11.1 Å². The van der Waals surface area contributed by atoms with Crippen LogP contribution in [0, 0.1) is 0 Å². The molecule has 0 saturated carbocycles. The van der Waals surface area contributed by atoms with Gasteiger partial charge in [-0.2, -0.15) is 0 Å². The van der Waals surface area contributed by atoms with Gasteiger partial charge in [0.1, 0.15) is 18.0 Å². The number of likely N-dealkylation sites (N-methyl/N-ethyl adjacent to an activating group) is 1. The van der Waals surface area contributed by atoms with Crippen molar-refractivity contribution in [1.29, 1.82) is 0 Å². The van der Waals surface area contributed by atoms with E-state index in [2.05, 4.69) is 20.9 Å². The van der Waals surface area contributed by atoms with Crippen LogP contribution in [0.3, 0.4) is 0 Å². The van der Waals surface area contributed by atoms with E-state index in [4.69, 9.17) is 11.6 Å². The molecule has 0 radical (unpaired) electrons. The topological polar surface area (TPSA) is 52.6 Å². The highest BCUT2D eigenvalue weighted by atomic mass is 35.5. The van der Waals surface area contributed by atoms with Crippen molar-refractivity contribution in [3.05, 3.63) is 46.7 Å². The van der Waals surface area contributed by atoms with E-state index in [9.17, 15) is 4.79 Å². The minimum atomic E-state index is 0.116. The molecule has 0 N–H and O–H groups in total. The molecule has 0 aliphatic carbocycles. The third-order valence-corrected chi connectivity index (χ3v) is 5.31. The van der Waals surface area contributed by atoms with Crippen LogP contribution >= 0.6 is 11.6 Å². The minimum absolute atomic E-state index is 0.116. The van der Waals surface area contributed by atoms with Crippen molar-refractivity contribution in [2.24, 2.45) is 0 Å². The van der Waals surface area contributed by atoms with Crippen LogP contribution in [-0.4, -0.2) is 54.0 Å². The maximum absolute atomic E-state index is 12.0. The summed E-state index contributed by atoms with van der Waals surface area (Å²) < 4.78 is 0.